The smallest absolute Gasteiger partial charge is 0.142 e. The van der Waals surface area contributed by atoms with Crippen LogP contribution >= 0.6 is 34.3 Å². The van der Waals surface area contributed by atoms with Gasteiger partial charge >= 0.3 is 0 Å². The Kier molecular flexibility index (Phi) is 3.21. The highest BCUT2D eigenvalue weighted by atomic mass is 35.5. The van der Waals surface area contributed by atoms with E-state index in [1.54, 1.807) is 0 Å². The molecule has 2 rings (SSSR count). The minimum atomic E-state index is -1.03. The van der Waals surface area contributed by atoms with Crippen molar-refractivity contribution in [2.45, 2.75) is 0 Å². The van der Waals surface area contributed by atoms with Crippen LogP contribution in [0.3, 0.4) is 0 Å². The molecular weight excluding hydrogens is 236 g/mol. The summed E-state index contributed by atoms with van der Waals surface area (Å²) >= 11 is 9.70. The van der Waals surface area contributed by atoms with Gasteiger partial charge in [-0.15, -0.1) is 11.6 Å². The van der Waals surface area contributed by atoms with Crippen LogP contribution in [0.4, 0.5) is 0 Å². The molecule has 0 amide bonds. The van der Waals surface area contributed by atoms with Crippen molar-refractivity contribution < 1.29 is 0 Å². The molecule has 0 radical (unpaired) electrons. The molecule has 0 aliphatic rings. The van der Waals surface area contributed by atoms with E-state index in [4.69, 9.17) is 11.6 Å². The molecule has 0 saturated carbocycles. The largest absolute Gasteiger partial charge is 0.153 e. The van der Waals surface area contributed by atoms with Crippen molar-refractivity contribution in [3.8, 4) is 0 Å². The number of hydrogen-bond acceptors (Lipinski definition) is 2. The van der Waals surface area contributed by atoms with Crippen LogP contribution in [-0.2, 0) is 0 Å². The SMILES string of the molecule is ClC[SiH](c1cccs1)c1cccs1. The van der Waals surface area contributed by atoms with Crippen LogP contribution < -0.4 is 9.00 Å². The Hall–Kier alpha value is -0.0931. The summed E-state index contributed by atoms with van der Waals surface area (Å²) < 4.78 is 3.00. The Labute approximate surface area is 92.4 Å². The molecule has 0 spiro atoms. The fourth-order valence-corrected chi connectivity index (χ4v) is 8.30. The first-order valence-corrected chi connectivity index (χ1v) is 8.31. The van der Waals surface area contributed by atoms with Crippen molar-refractivity contribution in [2.24, 2.45) is 0 Å². The van der Waals surface area contributed by atoms with Gasteiger partial charge in [-0.25, -0.2) is 0 Å². The molecule has 68 valence electrons. The Morgan fingerprint density at radius 2 is 1.62 bits per heavy atom. The van der Waals surface area contributed by atoms with E-state index in [1.165, 1.54) is 9.00 Å². The minimum Gasteiger partial charge on any atom is -0.153 e. The molecule has 0 aromatic carbocycles. The Morgan fingerprint density at radius 3 is 1.92 bits per heavy atom. The number of thiophene rings is 2. The van der Waals surface area contributed by atoms with E-state index in [0.29, 0.717) is 0 Å². The van der Waals surface area contributed by atoms with Crippen LogP contribution in [0.1, 0.15) is 0 Å². The second-order valence-electron chi connectivity index (χ2n) is 2.74. The van der Waals surface area contributed by atoms with Crippen molar-refractivity contribution >= 4 is 52.1 Å². The van der Waals surface area contributed by atoms with Crippen molar-refractivity contribution in [1.82, 2.24) is 0 Å². The molecule has 2 aromatic heterocycles. The summed E-state index contributed by atoms with van der Waals surface area (Å²) in [6.07, 6.45) is 0. The van der Waals surface area contributed by atoms with E-state index in [0.717, 1.165) is 5.50 Å². The highest BCUT2D eigenvalue weighted by Gasteiger charge is 2.16. The molecule has 13 heavy (non-hydrogen) atoms. The average molecular weight is 245 g/mol. The maximum atomic E-state index is 6.03. The molecule has 0 aliphatic carbocycles. The first-order valence-electron chi connectivity index (χ1n) is 4.04. The van der Waals surface area contributed by atoms with Gasteiger partial charge in [0.05, 0.1) is 0 Å². The second kappa shape index (κ2) is 4.42. The molecular formula is C9H9ClS2Si. The van der Waals surface area contributed by atoms with Gasteiger partial charge in [0.2, 0.25) is 0 Å². The van der Waals surface area contributed by atoms with Gasteiger partial charge in [0, 0.05) is 5.50 Å². The first kappa shape index (κ1) is 9.46. The molecule has 0 bridgehead atoms. The lowest BCUT2D eigenvalue weighted by Crippen LogP contribution is -2.40. The third-order valence-corrected chi connectivity index (χ3v) is 8.85. The summed E-state index contributed by atoms with van der Waals surface area (Å²) in [5.41, 5.74) is 0.807. The zero-order chi connectivity index (χ0) is 9.10. The van der Waals surface area contributed by atoms with Crippen LogP contribution in [0, 0.1) is 0 Å². The van der Waals surface area contributed by atoms with Crippen LogP contribution in [-0.4, -0.2) is 14.3 Å². The van der Waals surface area contributed by atoms with Gasteiger partial charge in [0.25, 0.3) is 0 Å². The summed E-state index contributed by atoms with van der Waals surface area (Å²) in [5, 5.41) is 4.27. The monoisotopic (exact) mass is 244 g/mol. The highest BCUT2D eigenvalue weighted by molar-refractivity contribution is 7.31. The van der Waals surface area contributed by atoms with E-state index in [9.17, 15) is 0 Å². The summed E-state index contributed by atoms with van der Waals surface area (Å²) in [6.45, 7) is 0. The van der Waals surface area contributed by atoms with E-state index in [-0.39, 0.29) is 0 Å². The molecule has 0 fully saturated rings. The molecule has 0 unspecified atom stereocenters. The fourth-order valence-electron chi connectivity index (χ4n) is 1.27. The van der Waals surface area contributed by atoms with Crippen molar-refractivity contribution in [3.05, 3.63) is 35.0 Å². The molecule has 0 N–H and O–H groups in total. The lowest BCUT2D eigenvalue weighted by molar-refractivity contribution is 1.96. The van der Waals surface area contributed by atoms with Gasteiger partial charge in [-0.05, 0) is 19.8 Å². The van der Waals surface area contributed by atoms with E-state index in [1.807, 2.05) is 22.7 Å². The number of hydrogen-bond donors (Lipinski definition) is 0. The van der Waals surface area contributed by atoms with Gasteiger partial charge in [0.15, 0.2) is 0 Å². The molecule has 2 heterocycles. The topological polar surface area (TPSA) is 0 Å². The summed E-state index contributed by atoms with van der Waals surface area (Å²) in [7, 11) is -1.03. The zero-order valence-corrected chi connectivity index (χ0v) is 10.5. The predicted molar refractivity (Wildman–Crippen MR) is 65.8 cm³/mol. The van der Waals surface area contributed by atoms with Crippen molar-refractivity contribution in [1.29, 1.82) is 0 Å². The van der Waals surface area contributed by atoms with E-state index < -0.39 is 8.80 Å². The zero-order valence-electron chi connectivity index (χ0n) is 6.94. The third-order valence-electron chi connectivity index (χ3n) is 1.93. The summed E-state index contributed by atoms with van der Waals surface area (Å²) in [5.74, 6) is 0. The van der Waals surface area contributed by atoms with Crippen molar-refractivity contribution in [3.63, 3.8) is 0 Å². The Balaban J connectivity index is 2.29. The van der Waals surface area contributed by atoms with Gasteiger partial charge in [0.1, 0.15) is 8.80 Å². The second-order valence-corrected chi connectivity index (χ2v) is 9.12. The first-order chi connectivity index (χ1) is 6.42. The Morgan fingerprint density at radius 1 is 1.08 bits per heavy atom. The van der Waals surface area contributed by atoms with Crippen LogP contribution in [0.25, 0.3) is 0 Å². The minimum absolute atomic E-state index is 0.807. The van der Waals surface area contributed by atoms with Gasteiger partial charge in [-0.1, -0.05) is 24.3 Å². The van der Waals surface area contributed by atoms with Crippen LogP contribution in [0.15, 0.2) is 35.0 Å². The van der Waals surface area contributed by atoms with E-state index >= 15 is 0 Å². The quantitative estimate of drug-likeness (QED) is 0.572. The molecule has 0 aliphatic heterocycles. The number of alkyl halides is 1. The molecule has 2 aromatic rings. The summed E-state index contributed by atoms with van der Waals surface area (Å²) in [4.78, 5) is 0. The van der Waals surface area contributed by atoms with Crippen molar-refractivity contribution in [2.75, 3.05) is 5.50 Å². The molecule has 0 saturated heterocycles. The molecule has 0 atom stereocenters. The molecule has 4 heteroatoms. The van der Waals surface area contributed by atoms with Crippen LogP contribution in [0.2, 0.25) is 0 Å². The van der Waals surface area contributed by atoms with Gasteiger partial charge < -0.3 is 0 Å². The third kappa shape index (κ3) is 2.04. The Bertz CT molecular complexity index is 307. The number of halogens is 1. The molecule has 0 nitrogen and oxygen atoms in total. The maximum absolute atomic E-state index is 6.03. The predicted octanol–water partition coefficient (Wildman–Crippen LogP) is 1.93. The fraction of sp³-hybridized carbons (Fsp3) is 0.111. The van der Waals surface area contributed by atoms with Gasteiger partial charge in [-0.2, -0.15) is 22.7 Å². The lowest BCUT2D eigenvalue weighted by Gasteiger charge is -2.06. The standard InChI is InChI=1S/C9H9ClS2Si/c10-7-13(8-3-1-5-11-8)9-4-2-6-12-9/h1-6,13H,7H2. The number of rotatable bonds is 3. The van der Waals surface area contributed by atoms with E-state index in [2.05, 4.69) is 35.0 Å². The van der Waals surface area contributed by atoms with Gasteiger partial charge in [-0.3, -0.25) is 0 Å². The lowest BCUT2D eigenvalue weighted by atomic mass is 10.7. The maximum Gasteiger partial charge on any atom is 0.142 e. The normalized spacial score (nSPS) is 10.9. The highest BCUT2D eigenvalue weighted by Crippen LogP contribution is 2.03. The van der Waals surface area contributed by atoms with Crippen LogP contribution in [0.5, 0.6) is 0 Å². The summed E-state index contributed by atoms with van der Waals surface area (Å²) in [6, 6.07) is 8.65. The average Bonchev–Trinajstić information content (AvgIpc) is 2.76.